The van der Waals surface area contributed by atoms with Crippen molar-refractivity contribution in [2.24, 2.45) is 0 Å². The zero-order valence-electron chi connectivity index (χ0n) is 12.8. The third-order valence-electron chi connectivity index (χ3n) is 3.59. The van der Waals surface area contributed by atoms with Gasteiger partial charge in [-0.25, -0.2) is 13.1 Å². The van der Waals surface area contributed by atoms with Crippen LogP contribution in [0.1, 0.15) is 28.8 Å². The number of sulfonamides is 1. The molecule has 2 N–H and O–H groups in total. The zero-order chi connectivity index (χ0) is 17.2. The summed E-state index contributed by atoms with van der Waals surface area (Å²) in [5.41, 5.74) is 1.47. The minimum atomic E-state index is -3.59. The molecule has 1 saturated carbocycles. The molecule has 0 bridgehead atoms. The molecule has 6 heteroatoms. The van der Waals surface area contributed by atoms with Gasteiger partial charge < -0.3 is 5.32 Å². The third-order valence-corrected chi connectivity index (χ3v) is 5.11. The highest BCUT2D eigenvalue weighted by molar-refractivity contribution is 7.89. The first-order valence-corrected chi connectivity index (χ1v) is 8.97. The molecule has 1 aliphatic rings. The molecule has 0 heterocycles. The third kappa shape index (κ3) is 3.82. The van der Waals surface area contributed by atoms with Crippen LogP contribution in [0.25, 0.3) is 0 Å². The van der Waals surface area contributed by atoms with Crippen LogP contribution in [0.3, 0.4) is 0 Å². The summed E-state index contributed by atoms with van der Waals surface area (Å²) < 4.78 is 27.1. The molecule has 0 saturated heterocycles. The highest BCUT2D eigenvalue weighted by atomic mass is 32.2. The molecule has 0 atom stereocenters. The van der Waals surface area contributed by atoms with Gasteiger partial charge in [-0.05, 0) is 49.2 Å². The fourth-order valence-electron chi connectivity index (χ4n) is 2.18. The fraction of sp³-hybridized carbons (Fsp3) is 0.167. The van der Waals surface area contributed by atoms with Crippen LogP contribution >= 0.6 is 0 Å². The Bertz CT molecular complexity index is 925. The maximum Gasteiger partial charge on any atom is 0.255 e. The van der Waals surface area contributed by atoms with Gasteiger partial charge in [-0.1, -0.05) is 18.1 Å². The van der Waals surface area contributed by atoms with Crippen LogP contribution in [-0.4, -0.2) is 20.4 Å². The molecular weight excluding hydrogens is 324 g/mol. The Morgan fingerprint density at radius 2 is 1.88 bits per heavy atom. The van der Waals surface area contributed by atoms with Gasteiger partial charge in [0.1, 0.15) is 0 Å². The molecule has 3 rings (SSSR count). The average molecular weight is 340 g/mol. The Labute approximate surface area is 141 Å². The van der Waals surface area contributed by atoms with Crippen LogP contribution in [0.5, 0.6) is 0 Å². The van der Waals surface area contributed by atoms with Crippen molar-refractivity contribution in [3.05, 3.63) is 59.7 Å². The van der Waals surface area contributed by atoms with Gasteiger partial charge in [0.15, 0.2) is 0 Å². The first-order chi connectivity index (χ1) is 11.5. The number of carbonyl (C=O) groups is 1. The summed E-state index contributed by atoms with van der Waals surface area (Å²) in [5, 5.41) is 2.71. The Balaban J connectivity index is 1.80. The Kier molecular flexibility index (Phi) is 4.38. The maximum atomic E-state index is 12.3. The van der Waals surface area contributed by atoms with Crippen molar-refractivity contribution in [2.75, 3.05) is 5.32 Å². The van der Waals surface area contributed by atoms with E-state index in [4.69, 9.17) is 6.42 Å². The van der Waals surface area contributed by atoms with Crippen molar-refractivity contribution in [1.29, 1.82) is 0 Å². The van der Waals surface area contributed by atoms with E-state index in [1.807, 2.05) is 0 Å². The number of terminal acetylenes is 1. The van der Waals surface area contributed by atoms with Crippen LogP contribution in [0.4, 0.5) is 5.69 Å². The number of benzene rings is 2. The lowest BCUT2D eigenvalue weighted by atomic mass is 10.2. The fourth-order valence-corrected chi connectivity index (χ4v) is 3.53. The Hall–Kier alpha value is -2.62. The number of carbonyl (C=O) groups excluding carboxylic acids is 1. The molecule has 0 aliphatic heterocycles. The molecule has 24 heavy (non-hydrogen) atoms. The van der Waals surface area contributed by atoms with Gasteiger partial charge in [0.2, 0.25) is 10.0 Å². The second-order valence-corrected chi connectivity index (χ2v) is 7.32. The molecule has 0 aromatic heterocycles. The zero-order valence-corrected chi connectivity index (χ0v) is 13.6. The molecule has 0 radical (unpaired) electrons. The Morgan fingerprint density at radius 1 is 1.12 bits per heavy atom. The highest BCUT2D eigenvalue weighted by Crippen LogP contribution is 2.22. The molecule has 122 valence electrons. The second kappa shape index (κ2) is 6.48. The molecule has 2 aromatic carbocycles. The summed E-state index contributed by atoms with van der Waals surface area (Å²) in [7, 11) is -3.59. The second-order valence-electron chi connectivity index (χ2n) is 5.60. The van der Waals surface area contributed by atoms with E-state index >= 15 is 0 Å². The SMILES string of the molecule is C#Cc1cccc(NC(=O)c2cccc(S(=O)(=O)NC3CC3)c2)c1. The predicted octanol–water partition coefficient (Wildman–Crippen LogP) is 2.36. The first-order valence-electron chi connectivity index (χ1n) is 7.48. The van der Waals surface area contributed by atoms with E-state index in [0.29, 0.717) is 11.3 Å². The largest absolute Gasteiger partial charge is 0.322 e. The number of anilines is 1. The van der Waals surface area contributed by atoms with E-state index in [1.165, 1.54) is 12.1 Å². The van der Waals surface area contributed by atoms with Crippen molar-refractivity contribution in [3.63, 3.8) is 0 Å². The van der Waals surface area contributed by atoms with Gasteiger partial charge in [-0.2, -0.15) is 0 Å². The topological polar surface area (TPSA) is 75.3 Å². The lowest BCUT2D eigenvalue weighted by molar-refractivity contribution is 0.102. The van der Waals surface area contributed by atoms with Crippen molar-refractivity contribution in [2.45, 2.75) is 23.8 Å². The average Bonchev–Trinajstić information content (AvgIpc) is 3.38. The van der Waals surface area contributed by atoms with Crippen LogP contribution in [-0.2, 0) is 10.0 Å². The minimum absolute atomic E-state index is 0.0129. The van der Waals surface area contributed by atoms with Crippen LogP contribution in [0.2, 0.25) is 0 Å². The van der Waals surface area contributed by atoms with E-state index in [0.717, 1.165) is 12.8 Å². The molecule has 0 spiro atoms. The number of hydrogen-bond acceptors (Lipinski definition) is 3. The van der Waals surface area contributed by atoms with Crippen LogP contribution in [0, 0.1) is 12.3 Å². The molecule has 0 unspecified atom stereocenters. The van der Waals surface area contributed by atoms with Crippen molar-refractivity contribution >= 4 is 21.6 Å². The number of nitrogens with one attached hydrogen (secondary N) is 2. The minimum Gasteiger partial charge on any atom is -0.322 e. The quantitative estimate of drug-likeness (QED) is 0.821. The normalized spacial score (nSPS) is 14.0. The van der Waals surface area contributed by atoms with Crippen LogP contribution in [0.15, 0.2) is 53.4 Å². The van der Waals surface area contributed by atoms with Gasteiger partial charge in [0.05, 0.1) is 4.90 Å². The van der Waals surface area contributed by atoms with Crippen molar-refractivity contribution < 1.29 is 13.2 Å². The van der Waals surface area contributed by atoms with Gasteiger partial charge >= 0.3 is 0 Å². The lowest BCUT2D eigenvalue weighted by Gasteiger charge is -2.09. The van der Waals surface area contributed by atoms with E-state index in [1.54, 1.807) is 36.4 Å². The maximum absolute atomic E-state index is 12.3. The van der Waals surface area contributed by atoms with E-state index in [-0.39, 0.29) is 16.5 Å². The number of rotatable bonds is 5. The Morgan fingerprint density at radius 3 is 2.58 bits per heavy atom. The van der Waals surface area contributed by atoms with E-state index in [9.17, 15) is 13.2 Å². The van der Waals surface area contributed by atoms with Gasteiger partial charge in [-0.3, -0.25) is 4.79 Å². The van der Waals surface area contributed by atoms with Crippen molar-refractivity contribution in [1.82, 2.24) is 4.72 Å². The summed E-state index contributed by atoms with van der Waals surface area (Å²) in [5.74, 6) is 2.10. The lowest BCUT2D eigenvalue weighted by Crippen LogP contribution is -2.26. The van der Waals surface area contributed by atoms with Gasteiger partial charge in [0, 0.05) is 22.9 Å². The summed E-state index contributed by atoms with van der Waals surface area (Å²) in [6.45, 7) is 0. The van der Waals surface area contributed by atoms with Crippen LogP contribution < -0.4 is 10.0 Å². The standard InChI is InChI=1S/C18H16N2O3S/c1-2-13-5-3-7-16(11-13)19-18(21)14-6-4-8-17(12-14)24(22,23)20-15-9-10-15/h1,3-8,11-12,15,20H,9-10H2,(H,19,21). The molecule has 5 nitrogen and oxygen atoms in total. The van der Waals surface area contributed by atoms with Gasteiger partial charge in [0.25, 0.3) is 5.91 Å². The highest BCUT2D eigenvalue weighted by Gasteiger charge is 2.28. The summed E-state index contributed by atoms with van der Waals surface area (Å²) in [6.07, 6.45) is 7.04. The molecular formula is C18H16N2O3S. The van der Waals surface area contributed by atoms with Gasteiger partial charge in [-0.15, -0.1) is 6.42 Å². The predicted molar refractivity (Wildman–Crippen MR) is 92.1 cm³/mol. The molecule has 1 fully saturated rings. The summed E-state index contributed by atoms with van der Waals surface area (Å²) in [6, 6.07) is 12.9. The monoisotopic (exact) mass is 340 g/mol. The molecule has 2 aromatic rings. The first kappa shape index (κ1) is 16.2. The van der Waals surface area contributed by atoms with Crippen molar-refractivity contribution in [3.8, 4) is 12.3 Å². The number of hydrogen-bond donors (Lipinski definition) is 2. The van der Waals surface area contributed by atoms with E-state index < -0.39 is 15.9 Å². The smallest absolute Gasteiger partial charge is 0.255 e. The van der Waals surface area contributed by atoms with E-state index in [2.05, 4.69) is 16.0 Å². The number of amides is 1. The molecule has 1 amide bonds. The molecule has 1 aliphatic carbocycles. The summed E-state index contributed by atoms with van der Waals surface area (Å²) in [4.78, 5) is 12.4. The summed E-state index contributed by atoms with van der Waals surface area (Å²) >= 11 is 0.